The number of ether oxygens (including phenoxy) is 1. The summed E-state index contributed by atoms with van der Waals surface area (Å²) in [6, 6.07) is 18.4. The van der Waals surface area contributed by atoms with Crippen LogP contribution in [0.25, 0.3) is 0 Å². The molecule has 3 aromatic rings. The van der Waals surface area contributed by atoms with E-state index < -0.39 is 28.5 Å². The first-order valence-corrected chi connectivity index (χ1v) is 14.9. The Balaban J connectivity index is 2.05. The Bertz CT molecular complexity index is 1430. The molecule has 0 saturated carbocycles. The highest BCUT2D eigenvalue weighted by atomic mass is 35.5. The molecule has 11 heteroatoms. The quantitative estimate of drug-likeness (QED) is 0.299. The second-order valence-electron chi connectivity index (χ2n) is 9.58. The summed E-state index contributed by atoms with van der Waals surface area (Å²) >= 11 is 12.3. The van der Waals surface area contributed by atoms with Gasteiger partial charge in [-0.25, -0.2) is 8.42 Å². The smallest absolute Gasteiger partial charge is 0.264 e. The molecule has 0 heterocycles. The molecule has 0 unspecified atom stereocenters. The van der Waals surface area contributed by atoms with Crippen LogP contribution < -0.4 is 14.4 Å². The number of nitrogens with one attached hydrogen (secondary N) is 1. The fourth-order valence-electron chi connectivity index (χ4n) is 3.94. The molecule has 1 N–H and O–H groups in total. The third kappa shape index (κ3) is 7.68. The molecule has 0 aliphatic heterocycles. The number of rotatable bonds is 12. The van der Waals surface area contributed by atoms with Gasteiger partial charge in [0.25, 0.3) is 10.0 Å². The van der Waals surface area contributed by atoms with E-state index in [0.717, 1.165) is 4.31 Å². The van der Waals surface area contributed by atoms with Crippen LogP contribution in [0.2, 0.25) is 10.0 Å². The number of carbonyl (C=O) groups excluding carboxylic acids is 2. The topological polar surface area (TPSA) is 96.0 Å². The SMILES string of the molecule is COc1ccccc1N(CC(=O)N(Cc1ccc(Cl)c(Cl)c1)[C@@H](C)C(=O)NCC(C)C)S(=O)(=O)c1ccccc1. The van der Waals surface area contributed by atoms with E-state index in [-0.39, 0.29) is 34.7 Å². The zero-order valence-corrected chi connectivity index (χ0v) is 25.1. The summed E-state index contributed by atoms with van der Waals surface area (Å²) in [7, 11) is -2.78. The minimum absolute atomic E-state index is 0.00284. The van der Waals surface area contributed by atoms with Gasteiger partial charge < -0.3 is 15.0 Å². The van der Waals surface area contributed by atoms with Crippen LogP contribution in [0, 0.1) is 5.92 Å². The normalized spacial score (nSPS) is 12.1. The number of sulfonamides is 1. The van der Waals surface area contributed by atoms with E-state index in [0.29, 0.717) is 22.2 Å². The monoisotopic (exact) mass is 605 g/mol. The number of anilines is 1. The van der Waals surface area contributed by atoms with Crippen molar-refractivity contribution < 1.29 is 22.7 Å². The number of nitrogens with zero attached hydrogens (tertiary/aromatic N) is 2. The van der Waals surface area contributed by atoms with Crippen LogP contribution in [0.4, 0.5) is 5.69 Å². The highest BCUT2D eigenvalue weighted by molar-refractivity contribution is 7.92. The molecule has 3 rings (SSSR count). The Morgan fingerprint density at radius 3 is 2.20 bits per heavy atom. The van der Waals surface area contributed by atoms with Gasteiger partial charge in [0.2, 0.25) is 11.8 Å². The Morgan fingerprint density at radius 2 is 1.57 bits per heavy atom. The Morgan fingerprint density at radius 1 is 0.925 bits per heavy atom. The summed E-state index contributed by atoms with van der Waals surface area (Å²) in [6.45, 7) is 5.36. The molecule has 0 spiro atoms. The third-order valence-corrected chi connectivity index (χ3v) is 8.67. The number of halogens is 2. The lowest BCUT2D eigenvalue weighted by Gasteiger charge is -2.32. The predicted molar refractivity (Wildman–Crippen MR) is 158 cm³/mol. The molecular weight excluding hydrogens is 573 g/mol. The molecule has 2 amide bonds. The summed E-state index contributed by atoms with van der Waals surface area (Å²) < 4.78 is 34.2. The Kier molecular flexibility index (Phi) is 10.8. The molecule has 1 atom stereocenters. The molecule has 0 bridgehead atoms. The van der Waals surface area contributed by atoms with Crippen LogP contribution >= 0.6 is 23.2 Å². The Hall–Kier alpha value is -3.27. The molecule has 8 nitrogen and oxygen atoms in total. The molecule has 0 saturated heterocycles. The number of carbonyl (C=O) groups is 2. The molecule has 3 aromatic carbocycles. The van der Waals surface area contributed by atoms with Crippen molar-refractivity contribution in [1.82, 2.24) is 10.2 Å². The lowest BCUT2D eigenvalue weighted by molar-refractivity contribution is -0.139. The van der Waals surface area contributed by atoms with Crippen LogP contribution in [0.5, 0.6) is 5.75 Å². The minimum atomic E-state index is -4.20. The van der Waals surface area contributed by atoms with Gasteiger partial charge in [-0.3, -0.25) is 13.9 Å². The summed E-state index contributed by atoms with van der Waals surface area (Å²) in [5.41, 5.74) is 0.814. The first kappa shape index (κ1) is 31.3. The molecule has 0 fully saturated rings. The summed E-state index contributed by atoms with van der Waals surface area (Å²) in [6.07, 6.45) is 0. The number of hydrogen-bond acceptors (Lipinski definition) is 5. The predicted octanol–water partition coefficient (Wildman–Crippen LogP) is 5.39. The van der Waals surface area contributed by atoms with Gasteiger partial charge in [0.05, 0.1) is 27.7 Å². The molecule has 0 aliphatic carbocycles. The fourth-order valence-corrected chi connectivity index (χ4v) is 5.70. The van der Waals surface area contributed by atoms with Crippen LogP contribution in [-0.2, 0) is 26.2 Å². The molecule has 40 heavy (non-hydrogen) atoms. The average Bonchev–Trinajstić information content (AvgIpc) is 2.95. The highest BCUT2D eigenvalue weighted by Gasteiger charge is 2.33. The number of para-hydroxylation sites is 2. The molecular formula is C29H33Cl2N3O5S. The minimum Gasteiger partial charge on any atom is -0.495 e. The standard InChI is InChI=1S/C29H33Cl2N3O5S/c1-20(2)17-32-29(36)21(3)33(18-22-14-15-24(30)25(31)16-22)28(35)19-34(26-12-8-9-13-27(26)39-4)40(37,38)23-10-6-5-7-11-23/h5-16,20-21H,17-19H2,1-4H3,(H,32,36)/t21-/m0/s1. The largest absolute Gasteiger partial charge is 0.495 e. The van der Waals surface area contributed by atoms with E-state index in [1.165, 1.54) is 24.1 Å². The molecule has 0 aromatic heterocycles. The number of benzene rings is 3. The van der Waals surface area contributed by atoms with Crippen molar-refractivity contribution in [2.75, 3.05) is 24.5 Å². The van der Waals surface area contributed by atoms with E-state index in [2.05, 4.69) is 5.32 Å². The first-order valence-electron chi connectivity index (χ1n) is 12.7. The van der Waals surface area contributed by atoms with Crippen LogP contribution in [0.3, 0.4) is 0 Å². The van der Waals surface area contributed by atoms with Crippen LogP contribution in [-0.4, -0.2) is 51.4 Å². The van der Waals surface area contributed by atoms with E-state index in [1.54, 1.807) is 67.6 Å². The van der Waals surface area contributed by atoms with Gasteiger partial charge in [0.1, 0.15) is 18.3 Å². The van der Waals surface area contributed by atoms with Crippen molar-refractivity contribution in [1.29, 1.82) is 0 Å². The first-order chi connectivity index (χ1) is 18.9. The van der Waals surface area contributed by atoms with Gasteiger partial charge in [0, 0.05) is 13.1 Å². The van der Waals surface area contributed by atoms with E-state index in [1.807, 2.05) is 13.8 Å². The van der Waals surface area contributed by atoms with Crippen LogP contribution in [0.1, 0.15) is 26.3 Å². The zero-order valence-electron chi connectivity index (χ0n) is 22.8. The Labute approximate surface area is 245 Å². The van der Waals surface area contributed by atoms with Crippen molar-refractivity contribution in [2.45, 2.75) is 38.3 Å². The fraction of sp³-hybridized carbons (Fsp3) is 0.310. The van der Waals surface area contributed by atoms with Gasteiger partial charge in [0.15, 0.2) is 0 Å². The number of hydrogen-bond donors (Lipinski definition) is 1. The summed E-state index contributed by atoms with van der Waals surface area (Å²) in [5, 5.41) is 3.50. The second kappa shape index (κ2) is 13.9. The van der Waals surface area contributed by atoms with Crippen LogP contribution in [0.15, 0.2) is 77.7 Å². The lowest BCUT2D eigenvalue weighted by Crippen LogP contribution is -2.51. The number of amides is 2. The van der Waals surface area contributed by atoms with E-state index in [4.69, 9.17) is 27.9 Å². The van der Waals surface area contributed by atoms with Crippen molar-refractivity contribution in [2.24, 2.45) is 5.92 Å². The van der Waals surface area contributed by atoms with Gasteiger partial charge in [-0.2, -0.15) is 0 Å². The third-order valence-electron chi connectivity index (χ3n) is 6.15. The van der Waals surface area contributed by atoms with Crippen molar-refractivity contribution >= 4 is 50.7 Å². The maximum atomic E-state index is 14.0. The molecule has 214 valence electrons. The highest BCUT2D eigenvalue weighted by Crippen LogP contribution is 2.32. The zero-order chi connectivity index (χ0) is 29.4. The lowest BCUT2D eigenvalue weighted by atomic mass is 10.1. The molecule has 0 radical (unpaired) electrons. The maximum Gasteiger partial charge on any atom is 0.264 e. The summed E-state index contributed by atoms with van der Waals surface area (Å²) in [4.78, 5) is 28.4. The maximum absolute atomic E-state index is 14.0. The van der Waals surface area contributed by atoms with Gasteiger partial charge in [-0.15, -0.1) is 0 Å². The molecule has 0 aliphatic rings. The average molecular weight is 607 g/mol. The van der Waals surface area contributed by atoms with E-state index in [9.17, 15) is 18.0 Å². The number of methoxy groups -OCH3 is 1. The van der Waals surface area contributed by atoms with Gasteiger partial charge >= 0.3 is 0 Å². The van der Waals surface area contributed by atoms with Gasteiger partial charge in [-0.05, 0) is 54.8 Å². The van der Waals surface area contributed by atoms with Crippen molar-refractivity contribution in [3.63, 3.8) is 0 Å². The van der Waals surface area contributed by atoms with Crippen molar-refractivity contribution in [3.05, 3.63) is 88.4 Å². The van der Waals surface area contributed by atoms with Crippen molar-refractivity contribution in [3.8, 4) is 5.75 Å². The summed E-state index contributed by atoms with van der Waals surface area (Å²) in [5.74, 6) is -0.485. The van der Waals surface area contributed by atoms with E-state index >= 15 is 0 Å². The second-order valence-corrected chi connectivity index (χ2v) is 12.3. The van der Waals surface area contributed by atoms with Gasteiger partial charge in [-0.1, -0.05) is 73.4 Å².